The van der Waals surface area contributed by atoms with Crippen molar-refractivity contribution >= 4 is 5.84 Å². The first-order chi connectivity index (χ1) is 7.31. The number of benzene rings is 1. The summed E-state index contributed by atoms with van der Waals surface area (Å²) in [6.07, 6.45) is 0.936. The minimum atomic E-state index is 0.236. The van der Waals surface area contributed by atoms with Crippen molar-refractivity contribution in [3.8, 4) is 5.75 Å². The van der Waals surface area contributed by atoms with Crippen LogP contribution in [0.15, 0.2) is 29.3 Å². The van der Waals surface area contributed by atoms with Crippen LogP contribution in [0, 0.1) is 5.92 Å². The normalized spacial score (nSPS) is 20.6. The maximum atomic E-state index is 5.89. The number of aliphatic imine (C=N–C) groups is 1. The minimum absolute atomic E-state index is 0.236. The van der Waals surface area contributed by atoms with Crippen molar-refractivity contribution in [2.75, 3.05) is 13.2 Å². The van der Waals surface area contributed by atoms with Crippen molar-refractivity contribution in [2.45, 2.75) is 13.3 Å². The maximum absolute atomic E-state index is 5.89. The zero-order valence-corrected chi connectivity index (χ0v) is 8.94. The molecule has 0 saturated carbocycles. The van der Waals surface area contributed by atoms with Gasteiger partial charge >= 0.3 is 0 Å². The molecule has 0 aromatic heterocycles. The summed E-state index contributed by atoms with van der Waals surface area (Å²) in [5.74, 6) is 1.94. The number of hydrogen-bond donors (Lipinski definition) is 1. The van der Waals surface area contributed by atoms with E-state index in [-0.39, 0.29) is 5.92 Å². The first-order valence-electron chi connectivity index (χ1n) is 5.31. The Kier molecular flexibility index (Phi) is 2.90. The lowest BCUT2D eigenvalue weighted by molar-refractivity contribution is 0.258. The highest BCUT2D eigenvalue weighted by Gasteiger charge is 2.21. The van der Waals surface area contributed by atoms with E-state index < -0.39 is 0 Å². The fourth-order valence-electron chi connectivity index (χ4n) is 1.83. The van der Waals surface area contributed by atoms with Crippen LogP contribution in [-0.2, 0) is 6.42 Å². The maximum Gasteiger partial charge on any atom is 0.122 e. The van der Waals surface area contributed by atoms with Gasteiger partial charge in [0.25, 0.3) is 0 Å². The number of ether oxygens (including phenoxy) is 1. The van der Waals surface area contributed by atoms with E-state index in [1.54, 1.807) is 0 Å². The Balaban J connectivity index is 2.15. The molecule has 0 bridgehead atoms. The summed E-state index contributed by atoms with van der Waals surface area (Å²) in [5, 5.41) is 0. The number of fused-ring (bicyclic) bond motifs is 1. The van der Waals surface area contributed by atoms with E-state index in [1.807, 2.05) is 25.1 Å². The highest BCUT2D eigenvalue weighted by molar-refractivity contribution is 5.83. The lowest BCUT2D eigenvalue weighted by atomic mass is 9.96. The number of nitrogens with two attached hydrogens (primary N) is 1. The quantitative estimate of drug-likeness (QED) is 0.587. The van der Waals surface area contributed by atoms with Crippen LogP contribution in [0.3, 0.4) is 0 Å². The summed E-state index contributed by atoms with van der Waals surface area (Å²) in [6, 6.07) is 8.10. The second kappa shape index (κ2) is 4.34. The lowest BCUT2D eigenvalue weighted by Gasteiger charge is -2.24. The van der Waals surface area contributed by atoms with Crippen LogP contribution in [0.25, 0.3) is 0 Å². The molecular formula is C12H16N2O. The third kappa shape index (κ3) is 2.12. The SMILES string of the molecule is CCN=C(N)C1COc2ccccc2C1. The molecule has 0 radical (unpaired) electrons. The molecule has 2 rings (SSSR count). The molecule has 1 atom stereocenters. The van der Waals surface area contributed by atoms with Gasteiger partial charge in [-0.3, -0.25) is 4.99 Å². The van der Waals surface area contributed by atoms with Crippen LogP contribution in [0.1, 0.15) is 12.5 Å². The monoisotopic (exact) mass is 204 g/mol. The molecule has 1 unspecified atom stereocenters. The summed E-state index contributed by atoms with van der Waals surface area (Å²) >= 11 is 0. The van der Waals surface area contributed by atoms with Crippen molar-refractivity contribution in [3.05, 3.63) is 29.8 Å². The highest BCUT2D eigenvalue weighted by atomic mass is 16.5. The van der Waals surface area contributed by atoms with Gasteiger partial charge in [0.2, 0.25) is 0 Å². The topological polar surface area (TPSA) is 47.6 Å². The number of amidine groups is 1. The lowest BCUT2D eigenvalue weighted by Crippen LogP contribution is -2.33. The molecule has 0 spiro atoms. The largest absolute Gasteiger partial charge is 0.493 e. The van der Waals surface area contributed by atoms with Gasteiger partial charge in [0, 0.05) is 6.54 Å². The zero-order chi connectivity index (χ0) is 10.7. The van der Waals surface area contributed by atoms with Gasteiger partial charge < -0.3 is 10.5 Å². The Morgan fingerprint density at radius 1 is 1.53 bits per heavy atom. The third-order valence-electron chi connectivity index (χ3n) is 2.64. The Hall–Kier alpha value is -1.51. The summed E-state index contributed by atoms with van der Waals surface area (Å²) in [4.78, 5) is 4.24. The van der Waals surface area contributed by atoms with Crippen molar-refractivity contribution < 1.29 is 4.74 Å². The second-order valence-electron chi connectivity index (χ2n) is 3.72. The summed E-state index contributed by atoms with van der Waals surface area (Å²) in [7, 11) is 0. The molecule has 1 heterocycles. The number of rotatable bonds is 2. The molecule has 1 aliphatic heterocycles. The first kappa shape index (κ1) is 10.0. The average molecular weight is 204 g/mol. The molecule has 1 aromatic carbocycles. The molecule has 0 amide bonds. The van der Waals surface area contributed by atoms with Crippen LogP contribution in [0.4, 0.5) is 0 Å². The minimum Gasteiger partial charge on any atom is -0.493 e. The van der Waals surface area contributed by atoms with Gasteiger partial charge in [-0.2, -0.15) is 0 Å². The summed E-state index contributed by atoms with van der Waals surface area (Å²) in [5.41, 5.74) is 7.11. The van der Waals surface area contributed by atoms with Gasteiger partial charge in [-0.05, 0) is 25.0 Å². The van der Waals surface area contributed by atoms with Crippen molar-refractivity contribution in [3.63, 3.8) is 0 Å². The van der Waals surface area contributed by atoms with E-state index >= 15 is 0 Å². The van der Waals surface area contributed by atoms with Gasteiger partial charge in [-0.15, -0.1) is 0 Å². The molecule has 3 nitrogen and oxygen atoms in total. The van der Waals surface area contributed by atoms with E-state index in [0.717, 1.165) is 18.7 Å². The van der Waals surface area contributed by atoms with E-state index in [2.05, 4.69) is 11.1 Å². The van der Waals surface area contributed by atoms with Gasteiger partial charge in [0.1, 0.15) is 11.6 Å². The van der Waals surface area contributed by atoms with Gasteiger partial charge in [0.15, 0.2) is 0 Å². The molecule has 1 aliphatic rings. The molecule has 1 aromatic rings. The standard InChI is InChI=1S/C12H16N2O/c1-2-14-12(13)10-7-9-5-3-4-6-11(9)15-8-10/h3-6,10H,2,7-8H2,1H3,(H2,13,14). The van der Waals surface area contributed by atoms with Gasteiger partial charge in [-0.1, -0.05) is 18.2 Å². The number of para-hydroxylation sites is 1. The Bertz CT molecular complexity index is 374. The number of hydrogen-bond acceptors (Lipinski definition) is 2. The molecule has 3 heteroatoms. The highest BCUT2D eigenvalue weighted by Crippen LogP contribution is 2.26. The molecule has 15 heavy (non-hydrogen) atoms. The first-order valence-corrected chi connectivity index (χ1v) is 5.31. The zero-order valence-electron chi connectivity index (χ0n) is 8.94. The van der Waals surface area contributed by atoms with Crippen molar-refractivity contribution in [1.29, 1.82) is 0 Å². The molecule has 0 saturated heterocycles. The van der Waals surface area contributed by atoms with E-state index in [4.69, 9.17) is 10.5 Å². The summed E-state index contributed by atoms with van der Waals surface area (Å²) in [6.45, 7) is 3.38. The van der Waals surface area contributed by atoms with Crippen LogP contribution in [0.2, 0.25) is 0 Å². The van der Waals surface area contributed by atoms with Crippen LogP contribution >= 0.6 is 0 Å². The van der Waals surface area contributed by atoms with Crippen molar-refractivity contribution in [1.82, 2.24) is 0 Å². The smallest absolute Gasteiger partial charge is 0.122 e. The number of nitrogens with zero attached hydrogens (tertiary/aromatic N) is 1. The fourth-order valence-corrected chi connectivity index (χ4v) is 1.83. The summed E-state index contributed by atoms with van der Waals surface area (Å²) < 4.78 is 5.64. The van der Waals surface area contributed by atoms with E-state index in [1.165, 1.54) is 5.56 Å². The Morgan fingerprint density at radius 2 is 2.33 bits per heavy atom. The van der Waals surface area contributed by atoms with Crippen molar-refractivity contribution in [2.24, 2.45) is 16.6 Å². The molecular weight excluding hydrogens is 188 g/mol. The second-order valence-corrected chi connectivity index (χ2v) is 3.72. The Morgan fingerprint density at radius 3 is 3.13 bits per heavy atom. The van der Waals surface area contributed by atoms with Crippen LogP contribution in [0.5, 0.6) is 5.75 Å². The fraction of sp³-hybridized carbons (Fsp3) is 0.417. The van der Waals surface area contributed by atoms with Gasteiger partial charge in [-0.25, -0.2) is 0 Å². The van der Waals surface area contributed by atoms with Gasteiger partial charge in [0.05, 0.1) is 12.5 Å². The van der Waals surface area contributed by atoms with Crippen LogP contribution in [-0.4, -0.2) is 19.0 Å². The Labute approximate surface area is 90.0 Å². The predicted octanol–water partition coefficient (Wildman–Crippen LogP) is 1.61. The average Bonchev–Trinajstić information content (AvgIpc) is 2.29. The molecule has 2 N–H and O–H groups in total. The molecule has 0 aliphatic carbocycles. The molecule has 80 valence electrons. The molecule has 0 fully saturated rings. The van der Waals surface area contributed by atoms with E-state index in [0.29, 0.717) is 12.4 Å². The predicted molar refractivity (Wildman–Crippen MR) is 61.3 cm³/mol. The van der Waals surface area contributed by atoms with E-state index in [9.17, 15) is 0 Å². The third-order valence-corrected chi connectivity index (χ3v) is 2.64. The van der Waals surface area contributed by atoms with Crippen LogP contribution < -0.4 is 10.5 Å².